The van der Waals surface area contributed by atoms with Crippen LogP contribution < -0.4 is 4.72 Å². The summed E-state index contributed by atoms with van der Waals surface area (Å²) in [5.74, 6) is 1.16. The summed E-state index contributed by atoms with van der Waals surface area (Å²) in [7, 11) is 0. The number of fused-ring (bicyclic) bond motifs is 1. The van der Waals surface area contributed by atoms with E-state index in [1.165, 1.54) is 5.57 Å². The van der Waals surface area contributed by atoms with Crippen LogP contribution in [-0.4, -0.2) is 11.8 Å². The molecule has 8 heavy (non-hydrogen) atoms. The summed E-state index contributed by atoms with van der Waals surface area (Å²) in [5.41, 5.74) is 1.52. The van der Waals surface area contributed by atoms with E-state index >= 15 is 0 Å². The molecule has 0 aromatic heterocycles. The fourth-order valence-electron chi connectivity index (χ4n) is 0.985. The van der Waals surface area contributed by atoms with Gasteiger partial charge in [-0.25, -0.2) is 0 Å². The quantitative estimate of drug-likeness (QED) is 0.487. The number of hydrogen-bond donors (Lipinski definition) is 1. The molecule has 1 nitrogen and oxygen atoms in total. The maximum Gasteiger partial charge on any atom is 0.0576 e. The van der Waals surface area contributed by atoms with Crippen LogP contribution in [0.2, 0.25) is 0 Å². The SMILES string of the molecule is C1=CC2NSCC2=C1. The van der Waals surface area contributed by atoms with Crippen LogP contribution in [0.25, 0.3) is 0 Å². The lowest BCUT2D eigenvalue weighted by atomic mass is 10.2. The van der Waals surface area contributed by atoms with Crippen LogP contribution in [0.1, 0.15) is 0 Å². The molecule has 1 unspecified atom stereocenters. The van der Waals surface area contributed by atoms with E-state index < -0.39 is 0 Å². The lowest BCUT2D eigenvalue weighted by molar-refractivity contribution is 0.934. The third-order valence-electron chi connectivity index (χ3n) is 1.46. The zero-order valence-corrected chi connectivity index (χ0v) is 5.24. The second kappa shape index (κ2) is 1.64. The third kappa shape index (κ3) is 0.533. The zero-order chi connectivity index (χ0) is 5.40. The molecule has 2 heteroatoms. The largest absolute Gasteiger partial charge is 0.253 e. The second-order valence-electron chi connectivity index (χ2n) is 2.01. The van der Waals surface area contributed by atoms with E-state index in [1.54, 1.807) is 11.9 Å². The van der Waals surface area contributed by atoms with Gasteiger partial charge in [-0.05, 0) is 5.57 Å². The van der Waals surface area contributed by atoms with E-state index in [0.717, 1.165) is 5.75 Å². The molecule has 1 N–H and O–H groups in total. The average Bonchev–Trinajstić information content (AvgIpc) is 2.15. The smallest absolute Gasteiger partial charge is 0.0576 e. The summed E-state index contributed by atoms with van der Waals surface area (Å²) in [6, 6.07) is 0.569. The molecule has 0 saturated carbocycles. The fourth-order valence-corrected chi connectivity index (χ4v) is 1.92. The normalized spacial score (nSPS) is 33.0. The Morgan fingerprint density at radius 1 is 1.75 bits per heavy atom. The Balaban J connectivity index is 2.29. The van der Waals surface area contributed by atoms with E-state index in [0.29, 0.717) is 6.04 Å². The van der Waals surface area contributed by atoms with Crippen molar-refractivity contribution in [1.82, 2.24) is 4.72 Å². The molecule has 0 aromatic rings. The first-order valence-electron chi connectivity index (χ1n) is 2.71. The van der Waals surface area contributed by atoms with E-state index in [-0.39, 0.29) is 0 Å². The van der Waals surface area contributed by atoms with Crippen molar-refractivity contribution >= 4 is 11.9 Å². The van der Waals surface area contributed by atoms with Crippen LogP contribution >= 0.6 is 11.9 Å². The van der Waals surface area contributed by atoms with E-state index in [2.05, 4.69) is 23.0 Å². The highest BCUT2D eigenvalue weighted by atomic mass is 32.2. The van der Waals surface area contributed by atoms with Crippen LogP contribution in [-0.2, 0) is 0 Å². The Kier molecular flexibility index (Phi) is 0.951. The van der Waals surface area contributed by atoms with E-state index in [1.807, 2.05) is 0 Å². The van der Waals surface area contributed by atoms with Crippen LogP contribution in [0.4, 0.5) is 0 Å². The van der Waals surface area contributed by atoms with Crippen molar-refractivity contribution in [3.8, 4) is 0 Å². The summed E-state index contributed by atoms with van der Waals surface area (Å²) >= 11 is 1.80. The second-order valence-corrected chi connectivity index (χ2v) is 2.82. The van der Waals surface area contributed by atoms with Crippen LogP contribution in [0.15, 0.2) is 23.8 Å². The first-order valence-corrected chi connectivity index (χ1v) is 3.70. The van der Waals surface area contributed by atoms with Crippen molar-refractivity contribution in [2.75, 3.05) is 5.75 Å². The molecule has 1 aliphatic heterocycles. The topological polar surface area (TPSA) is 12.0 Å². The maximum atomic E-state index is 3.28. The molecule has 0 radical (unpaired) electrons. The fraction of sp³-hybridized carbons (Fsp3) is 0.333. The first kappa shape index (κ1) is 4.65. The van der Waals surface area contributed by atoms with Gasteiger partial charge >= 0.3 is 0 Å². The number of allylic oxidation sites excluding steroid dienone is 2. The molecule has 0 amide bonds. The van der Waals surface area contributed by atoms with Crippen molar-refractivity contribution in [3.05, 3.63) is 23.8 Å². The van der Waals surface area contributed by atoms with Gasteiger partial charge in [0.1, 0.15) is 0 Å². The van der Waals surface area contributed by atoms with Crippen molar-refractivity contribution < 1.29 is 0 Å². The molecule has 0 spiro atoms. The molecule has 1 heterocycles. The minimum absolute atomic E-state index is 0.569. The van der Waals surface area contributed by atoms with Gasteiger partial charge in [0.2, 0.25) is 0 Å². The van der Waals surface area contributed by atoms with Gasteiger partial charge in [-0.15, -0.1) is 0 Å². The van der Waals surface area contributed by atoms with Crippen molar-refractivity contribution in [3.63, 3.8) is 0 Å². The Morgan fingerprint density at radius 3 is 3.62 bits per heavy atom. The third-order valence-corrected chi connectivity index (χ3v) is 2.36. The maximum absolute atomic E-state index is 3.28. The Labute approximate surface area is 53.0 Å². The Bertz CT molecular complexity index is 160. The molecular formula is C6H7NS. The molecule has 1 saturated heterocycles. The zero-order valence-electron chi connectivity index (χ0n) is 4.42. The van der Waals surface area contributed by atoms with Gasteiger partial charge in [0.05, 0.1) is 6.04 Å². The van der Waals surface area contributed by atoms with Gasteiger partial charge in [0.15, 0.2) is 0 Å². The monoisotopic (exact) mass is 125 g/mol. The number of nitrogens with one attached hydrogen (secondary N) is 1. The summed E-state index contributed by atoms with van der Waals surface area (Å²) in [6.07, 6.45) is 6.50. The standard InChI is InChI=1S/C6H7NS/c1-2-5-4-8-7-6(5)3-1/h1-3,6-7H,4H2. The summed E-state index contributed by atoms with van der Waals surface area (Å²) in [6.45, 7) is 0. The van der Waals surface area contributed by atoms with Gasteiger partial charge in [-0.3, -0.25) is 4.72 Å². The number of hydrogen-bond acceptors (Lipinski definition) is 2. The molecule has 2 aliphatic rings. The van der Waals surface area contributed by atoms with Gasteiger partial charge in [0, 0.05) is 5.75 Å². The first-order chi connectivity index (χ1) is 3.97. The molecule has 1 fully saturated rings. The molecule has 1 aliphatic carbocycles. The summed E-state index contributed by atoms with van der Waals surface area (Å²) in [5, 5.41) is 0. The predicted molar refractivity (Wildman–Crippen MR) is 36.6 cm³/mol. The van der Waals surface area contributed by atoms with E-state index in [4.69, 9.17) is 0 Å². The van der Waals surface area contributed by atoms with Crippen molar-refractivity contribution in [1.29, 1.82) is 0 Å². The van der Waals surface area contributed by atoms with Crippen molar-refractivity contribution in [2.24, 2.45) is 0 Å². The average molecular weight is 125 g/mol. The van der Waals surface area contributed by atoms with Gasteiger partial charge in [0.25, 0.3) is 0 Å². The Morgan fingerprint density at radius 2 is 2.75 bits per heavy atom. The van der Waals surface area contributed by atoms with Gasteiger partial charge in [-0.2, -0.15) is 0 Å². The van der Waals surface area contributed by atoms with E-state index in [9.17, 15) is 0 Å². The predicted octanol–water partition coefficient (Wildman–Crippen LogP) is 1.10. The minimum Gasteiger partial charge on any atom is -0.253 e. The van der Waals surface area contributed by atoms with Crippen molar-refractivity contribution in [2.45, 2.75) is 6.04 Å². The Hall–Kier alpha value is -0.210. The molecule has 0 aromatic carbocycles. The molecule has 0 bridgehead atoms. The van der Waals surface area contributed by atoms with Crippen LogP contribution in [0, 0.1) is 0 Å². The molecule has 2 rings (SSSR count). The highest BCUT2D eigenvalue weighted by Gasteiger charge is 2.19. The molecule has 1 atom stereocenters. The van der Waals surface area contributed by atoms with Crippen LogP contribution in [0.3, 0.4) is 0 Å². The molecular weight excluding hydrogens is 118 g/mol. The summed E-state index contributed by atoms with van der Waals surface area (Å²) < 4.78 is 3.28. The lowest BCUT2D eigenvalue weighted by Gasteiger charge is -1.96. The minimum atomic E-state index is 0.569. The lowest BCUT2D eigenvalue weighted by Crippen LogP contribution is -2.12. The van der Waals surface area contributed by atoms with Gasteiger partial charge < -0.3 is 0 Å². The number of rotatable bonds is 0. The highest BCUT2D eigenvalue weighted by molar-refractivity contribution is 7.97. The van der Waals surface area contributed by atoms with Gasteiger partial charge in [-0.1, -0.05) is 30.2 Å². The highest BCUT2D eigenvalue weighted by Crippen LogP contribution is 2.23. The molecule has 42 valence electrons. The van der Waals surface area contributed by atoms with Crippen LogP contribution in [0.5, 0.6) is 0 Å². The summed E-state index contributed by atoms with van der Waals surface area (Å²) in [4.78, 5) is 0.